The van der Waals surface area contributed by atoms with Gasteiger partial charge in [0.25, 0.3) is 0 Å². The Bertz CT molecular complexity index is 638. The van der Waals surface area contributed by atoms with Crippen LogP contribution in [0.15, 0.2) is 36.9 Å². The molecule has 0 bridgehead atoms. The molecule has 3 atom stereocenters. The molecule has 1 unspecified atom stereocenters. The number of nitrogens with zero attached hydrogens (tertiary/aromatic N) is 3. The first-order valence-electron chi connectivity index (χ1n) is 8.12. The zero-order chi connectivity index (χ0) is 16.2. The summed E-state index contributed by atoms with van der Waals surface area (Å²) in [7, 11) is 0. The first-order chi connectivity index (χ1) is 11.1. The highest BCUT2D eigenvalue weighted by Gasteiger charge is 2.25. The van der Waals surface area contributed by atoms with Gasteiger partial charge in [0, 0.05) is 12.0 Å². The molecule has 1 fully saturated rings. The molecule has 1 amide bonds. The fourth-order valence-corrected chi connectivity index (χ4v) is 3.04. The number of amides is 1. The maximum Gasteiger partial charge on any atom is 0.223 e. The maximum absolute atomic E-state index is 12.4. The largest absolute Gasteiger partial charge is 0.349 e. The first kappa shape index (κ1) is 15.7. The Morgan fingerprint density at radius 1 is 1.39 bits per heavy atom. The third kappa shape index (κ3) is 3.76. The van der Waals surface area contributed by atoms with Crippen molar-refractivity contribution in [2.75, 3.05) is 6.54 Å². The quantitative estimate of drug-likeness (QED) is 0.903. The van der Waals surface area contributed by atoms with Crippen LogP contribution in [-0.4, -0.2) is 33.3 Å². The van der Waals surface area contributed by atoms with Gasteiger partial charge in [-0.2, -0.15) is 5.10 Å². The Hall–Kier alpha value is -2.21. The lowest BCUT2D eigenvalue weighted by molar-refractivity contribution is -0.126. The molecule has 0 aliphatic carbocycles. The Balaban J connectivity index is 1.61. The molecule has 6 nitrogen and oxygen atoms in total. The average Bonchev–Trinajstić information content (AvgIpc) is 3.09. The molecule has 1 saturated heterocycles. The zero-order valence-electron chi connectivity index (χ0n) is 13.6. The lowest BCUT2D eigenvalue weighted by Crippen LogP contribution is -2.42. The van der Waals surface area contributed by atoms with Crippen molar-refractivity contribution in [2.45, 2.75) is 38.8 Å². The van der Waals surface area contributed by atoms with Gasteiger partial charge in [0.2, 0.25) is 5.91 Å². The summed E-state index contributed by atoms with van der Waals surface area (Å²) in [6, 6.07) is 8.42. The summed E-state index contributed by atoms with van der Waals surface area (Å²) < 4.78 is 1.71. The van der Waals surface area contributed by atoms with E-state index in [1.54, 1.807) is 11.0 Å². The van der Waals surface area contributed by atoms with Crippen molar-refractivity contribution in [1.82, 2.24) is 25.4 Å². The summed E-state index contributed by atoms with van der Waals surface area (Å²) >= 11 is 0. The predicted molar refractivity (Wildman–Crippen MR) is 88.1 cm³/mol. The Labute approximate surface area is 136 Å². The number of carbonyl (C=O) groups is 1. The van der Waals surface area contributed by atoms with Gasteiger partial charge in [-0.05, 0) is 50.9 Å². The minimum atomic E-state index is -0.00233. The molecule has 0 spiro atoms. The molecule has 2 heterocycles. The number of carbonyl (C=O) groups excluding carboxylic acids is 1. The lowest BCUT2D eigenvalue weighted by atomic mass is 9.92. The monoisotopic (exact) mass is 313 g/mol. The third-order valence-corrected chi connectivity index (χ3v) is 4.43. The molecule has 1 aromatic heterocycles. The normalized spacial score (nSPS) is 22.5. The van der Waals surface area contributed by atoms with Crippen LogP contribution in [0, 0.1) is 5.92 Å². The number of benzene rings is 1. The second kappa shape index (κ2) is 6.91. The standard InChI is InChI=1S/C17H23N5O/c1-12-9-15(7-8-19-12)17(23)21-13(2)14-3-5-16(6-4-14)22-11-18-10-20-22/h3-6,10-13,15,19H,7-9H2,1-2H3,(H,21,23)/t12-,13?,15-/m0/s1. The third-order valence-electron chi connectivity index (χ3n) is 4.43. The maximum atomic E-state index is 12.4. The molecule has 1 aliphatic heterocycles. The summed E-state index contributed by atoms with van der Waals surface area (Å²) in [4.78, 5) is 16.4. The van der Waals surface area contributed by atoms with E-state index in [9.17, 15) is 4.79 Å². The SMILES string of the molecule is CC(NC(=O)[C@H]1CCN[C@@H](C)C1)c1ccc(-n2cncn2)cc1. The molecule has 23 heavy (non-hydrogen) atoms. The topological polar surface area (TPSA) is 71.8 Å². The van der Waals surface area contributed by atoms with Crippen molar-refractivity contribution in [1.29, 1.82) is 0 Å². The van der Waals surface area contributed by atoms with E-state index in [0.717, 1.165) is 30.6 Å². The highest BCUT2D eigenvalue weighted by molar-refractivity contribution is 5.79. The van der Waals surface area contributed by atoms with Crippen LogP contribution in [0.25, 0.3) is 5.69 Å². The Morgan fingerprint density at radius 3 is 2.83 bits per heavy atom. The van der Waals surface area contributed by atoms with Crippen LogP contribution < -0.4 is 10.6 Å². The highest BCUT2D eigenvalue weighted by Crippen LogP contribution is 2.19. The van der Waals surface area contributed by atoms with Gasteiger partial charge in [-0.25, -0.2) is 9.67 Å². The van der Waals surface area contributed by atoms with E-state index in [0.29, 0.717) is 6.04 Å². The van der Waals surface area contributed by atoms with E-state index in [4.69, 9.17) is 0 Å². The number of nitrogens with one attached hydrogen (secondary N) is 2. The van der Waals surface area contributed by atoms with Crippen molar-refractivity contribution in [2.24, 2.45) is 5.92 Å². The number of aromatic nitrogens is 3. The minimum absolute atomic E-state index is 0.00233. The summed E-state index contributed by atoms with van der Waals surface area (Å²) in [6.07, 6.45) is 4.99. The van der Waals surface area contributed by atoms with Gasteiger partial charge in [0.05, 0.1) is 11.7 Å². The Kier molecular flexibility index (Phi) is 4.71. The van der Waals surface area contributed by atoms with Crippen molar-refractivity contribution in [3.8, 4) is 5.69 Å². The van der Waals surface area contributed by atoms with Gasteiger partial charge >= 0.3 is 0 Å². The van der Waals surface area contributed by atoms with E-state index in [1.165, 1.54) is 6.33 Å². The van der Waals surface area contributed by atoms with Crippen molar-refractivity contribution >= 4 is 5.91 Å². The first-order valence-corrected chi connectivity index (χ1v) is 8.12. The highest BCUT2D eigenvalue weighted by atomic mass is 16.1. The molecule has 122 valence electrons. The number of hydrogen-bond acceptors (Lipinski definition) is 4. The Morgan fingerprint density at radius 2 is 2.17 bits per heavy atom. The van der Waals surface area contributed by atoms with E-state index in [-0.39, 0.29) is 17.9 Å². The molecule has 3 rings (SSSR count). The van der Waals surface area contributed by atoms with Gasteiger partial charge in [-0.1, -0.05) is 12.1 Å². The predicted octanol–water partition coefficient (Wildman–Crippen LogP) is 1.83. The molecule has 0 saturated carbocycles. The average molecular weight is 313 g/mol. The summed E-state index contributed by atoms with van der Waals surface area (Å²) in [5.41, 5.74) is 2.04. The van der Waals surface area contributed by atoms with E-state index >= 15 is 0 Å². The van der Waals surface area contributed by atoms with E-state index < -0.39 is 0 Å². The van der Waals surface area contributed by atoms with Crippen LogP contribution in [0.5, 0.6) is 0 Å². The van der Waals surface area contributed by atoms with Crippen molar-refractivity contribution < 1.29 is 4.79 Å². The zero-order valence-corrected chi connectivity index (χ0v) is 13.6. The molecule has 1 aromatic carbocycles. The summed E-state index contributed by atoms with van der Waals surface area (Å²) in [5, 5.41) is 10.6. The fourth-order valence-electron chi connectivity index (χ4n) is 3.04. The van der Waals surface area contributed by atoms with Crippen molar-refractivity contribution in [3.63, 3.8) is 0 Å². The summed E-state index contributed by atoms with van der Waals surface area (Å²) in [5.74, 6) is 0.273. The van der Waals surface area contributed by atoms with Gasteiger partial charge in [0.15, 0.2) is 0 Å². The summed E-state index contributed by atoms with van der Waals surface area (Å²) in [6.45, 7) is 5.07. The minimum Gasteiger partial charge on any atom is -0.349 e. The van der Waals surface area contributed by atoms with Gasteiger partial charge in [0.1, 0.15) is 12.7 Å². The second-order valence-electron chi connectivity index (χ2n) is 6.24. The van der Waals surface area contributed by atoms with Gasteiger partial charge in [-0.15, -0.1) is 0 Å². The number of piperidine rings is 1. The second-order valence-corrected chi connectivity index (χ2v) is 6.24. The molecule has 2 aromatic rings. The molecule has 1 aliphatic rings. The van der Waals surface area contributed by atoms with Gasteiger partial charge < -0.3 is 10.6 Å². The number of rotatable bonds is 4. The fraction of sp³-hybridized carbons (Fsp3) is 0.471. The van der Waals surface area contributed by atoms with Crippen LogP contribution in [0.3, 0.4) is 0 Å². The van der Waals surface area contributed by atoms with E-state index in [1.807, 2.05) is 31.2 Å². The number of hydrogen-bond donors (Lipinski definition) is 2. The van der Waals surface area contributed by atoms with Crippen LogP contribution in [0.1, 0.15) is 38.3 Å². The van der Waals surface area contributed by atoms with E-state index in [2.05, 4.69) is 27.6 Å². The molecular weight excluding hydrogens is 290 g/mol. The van der Waals surface area contributed by atoms with Crippen molar-refractivity contribution in [3.05, 3.63) is 42.5 Å². The molecule has 6 heteroatoms. The smallest absolute Gasteiger partial charge is 0.223 e. The van der Waals surface area contributed by atoms with Crippen LogP contribution in [0.2, 0.25) is 0 Å². The lowest BCUT2D eigenvalue weighted by Gasteiger charge is -2.28. The van der Waals surface area contributed by atoms with Crippen LogP contribution in [0.4, 0.5) is 0 Å². The van der Waals surface area contributed by atoms with Crippen LogP contribution in [-0.2, 0) is 4.79 Å². The molecule has 2 N–H and O–H groups in total. The van der Waals surface area contributed by atoms with Crippen LogP contribution >= 0.6 is 0 Å². The molecular formula is C17H23N5O. The van der Waals surface area contributed by atoms with Gasteiger partial charge in [-0.3, -0.25) is 4.79 Å². The molecule has 0 radical (unpaired) electrons.